The molecule has 4 heterocycles. The minimum atomic E-state index is -0.905. The zero-order valence-electron chi connectivity index (χ0n) is 49.1. The standard InChI is InChI=1S/C66H76N4O12/c1-61(2)39-52(64(7,8)68(61)80-44-27-19-14-20-28-44)76-57(71)50-35-34-49-48(55(50)59(73)75-47-37-38-67(42-47)79-43-25-17-13-18-26-43)33-36-51(58(72)77-53-40-62(3,4)69(65(53,9)10)81-45-29-21-15-22-30-45)56(49)60(74)78-54-41-63(5,6)70(66(54,11)12)82-46-31-23-16-24-32-46/h13-36,47,52-54H,37-42H2,1-12H3. The highest BCUT2D eigenvalue weighted by molar-refractivity contribution is 6.19. The summed E-state index contributed by atoms with van der Waals surface area (Å²) in [5.41, 5.74) is -4.98. The van der Waals surface area contributed by atoms with Crippen LogP contribution in [0.2, 0.25) is 0 Å². The molecule has 16 nitrogen and oxygen atoms in total. The van der Waals surface area contributed by atoms with E-state index in [0.717, 1.165) is 0 Å². The second kappa shape index (κ2) is 22.0. The second-order valence-corrected chi connectivity index (χ2v) is 25.5. The summed E-state index contributed by atoms with van der Waals surface area (Å²) in [4.78, 5) is 86.6. The van der Waals surface area contributed by atoms with Crippen LogP contribution in [0.15, 0.2) is 146 Å². The lowest BCUT2D eigenvalue weighted by atomic mass is 9.91. The molecule has 0 bridgehead atoms. The first kappa shape index (κ1) is 57.7. The number of carbonyl (C=O) groups is 4. The van der Waals surface area contributed by atoms with E-state index in [9.17, 15) is 0 Å². The Hall–Kier alpha value is -7.50. The average molecular weight is 1120 g/mol. The number of benzene rings is 6. The highest BCUT2D eigenvalue weighted by Crippen LogP contribution is 2.47. The zero-order valence-corrected chi connectivity index (χ0v) is 49.1. The number of esters is 4. The molecule has 0 N–H and O–H groups in total. The molecule has 0 aliphatic carbocycles. The molecule has 4 fully saturated rings. The molecule has 4 saturated heterocycles. The lowest BCUT2D eigenvalue weighted by Crippen LogP contribution is -2.53. The van der Waals surface area contributed by atoms with Crippen molar-refractivity contribution in [1.29, 1.82) is 0 Å². The first-order valence-corrected chi connectivity index (χ1v) is 28.3. The number of hydrogen-bond acceptors (Lipinski definition) is 16. The van der Waals surface area contributed by atoms with Crippen LogP contribution in [0.25, 0.3) is 10.8 Å². The lowest BCUT2D eigenvalue weighted by Gasteiger charge is -2.39. The van der Waals surface area contributed by atoms with E-state index >= 15 is 19.2 Å². The van der Waals surface area contributed by atoms with Crippen molar-refractivity contribution in [1.82, 2.24) is 20.3 Å². The van der Waals surface area contributed by atoms with Crippen LogP contribution in [0.5, 0.6) is 23.0 Å². The van der Waals surface area contributed by atoms with E-state index in [2.05, 4.69) is 0 Å². The van der Waals surface area contributed by atoms with Crippen molar-refractivity contribution < 1.29 is 57.5 Å². The Labute approximate surface area is 480 Å². The van der Waals surface area contributed by atoms with Crippen LogP contribution in [0, 0.1) is 0 Å². The molecule has 10 rings (SSSR count). The highest BCUT2D eigenvalue weighted by atomic mass is 16.7. The van der Waals surface area contributed by atoms with Crippen molar-refractivity contribution in [3.63, 3.8) is 0 Å². The number of ether oxygens (including phenoxy) is 4. The van der Waals surface area contributed by atoms with Gasteiger partial charge < -0.3 is 38.3 Å². The van der Waals surface area contributed by atoms with Gasteiger partial charge in [0.2, 0.25) is 0 Å². The topological polar surface area (TPSA) is 155 Å². The van der Waals surface area contributed by atoms with Crippen molar-refractivity contribution in [2.24, 2.45) is 0 Å². The van der Waals surface area contributed by atoms with Gasteiger partial charge in [0.05, 0.1) is 62.0 Å². The number of hydrogen-bond donors (Lipinski definition) is 0. The van der Waals surface area contributed by atoms with Gasteiger partial charge in [-0.25, -0.2) is 19.2 Å². The fraction of sp³-hybridized carbons (Fsp3) is 0.424. The second-order valence-electron chi connectivity index (χ2n) is 25.5. The Morgan fingerprint density at radius 2 is 0.683 bits per heavy atom. The van der Waals surface area contributed by atoms with Gasteiger partial charge in [0.1, 0.15) is 47.4 Å². The first-order valence-electron chi connectivity index (χ1n) is 28.3. The van der Waals surface area contributed by atoms with Crippen molar-refractivity contribution in [2.75, 3.05) is 13.1 Å². The molecule has 0 spiro atoms. The number of carbonyl (C=O) groups excluding carboxylic acids is 4. The van der Waals surface area contributed by atoms with Crippen LogP contribution in [-0.4, -0.2) is 115 Å². The molecule has 0 aromatic heterocycles. The predicted octanol–water partition coefficient (Wildman–Crippen LogP) is 12.4. The van der Waals surface area contributed by atoms with Crippen molar-refractivity contribution in [3.05, 3.63) is 168 Å². The molecule has 82 heavy (non-hydrogen) atoms. The van der Waals surface area contributed by atoms with E-state index in [1.807, 2.05) is 220 Å². The molecular weight excluding hydrogens is 1040 g/mol. The molecule has 16 heteroatoms. The number of fused-ring (bicyclic) bond motifs is 1. The van der Waals surface area contributed by atoms with E-state index in [0.29, 0.717) is 55.2 Å². The van der Waals surface area contributed by atoms with Crippen LogP contribution in [0.4, 0.5) is 0 Å². The number of hydroxylamine groups is 8. The summed E-state index contributed by atoms with van der Waals surface area (Å²) < 4.78 is 26.0. The van der Waals surface area contributed by atoms with Crippen molar-refractivity contribution in [2.45, 2.75) is 166 Å². The number of nitrogens with zero attached hydrogens (tertiary/aromatic N) is 4. The summed E-state index contributed by atoms with van der Waals surface area (Å²) in [6.45, 7) is 24.5. The van der Waals surface area contributed by atoms with E-state index in [1.54, 1.807) is 17.2 Å². The lowest BCUT2D eigenvalue weighted by molar-refractivity contribution is -0.174. The molecule has 432 valence electrons. The molecule has 0 saturated carbocycles. The average Bonchev–Trinajstić information content (AvgIpc) is 2.73. The summed E-state index contributed by atoms with van der Waals surface area (Å²) in [6.07, 6.45) is -1.31. The van der Waals surface area contributed by atoms with E-state index in [4.69, 9.17) is 38.3 Å². The molecule has 0 radical (unpaired) electrons. The van der Waals surface area contributed by atoms with Crippen LogP contribution < -0.4 is 19.4 Å². The van der Waals surface area contributed by atoms with Gasteiger partial charge >= 0.3 is 23.9 Å². The SMILES string of the molecule is CC1(C)CC(OC(=O)c2ccc3c(C(=O)OC4CC(C)(C)N(Oc5ccccc5)C4(C)C)c(C(=O)OC4CC(C)(C)N(Oc5ccccc5)C4(C)C)ccc3c2C(=O)OC2CCN(Oc3ccccc3)C2)C(C)(C)N1Oc1ccccc1. The van der Waals surface area contributed by atoms with E-state index in [-0.39, 0.29) is 39.6 Å². The quantitative estimate of drug-likeness (QED) is 0.0666. The van der Waals surface area contributed by atoms with Gasteiger partial charge in [-0.05, 0) is 155 Å². The highest BCUT2D eigenvalue weighted by Gasteiger charge is 2.59. The van der Waals surface area contributed by atoms with E-state index < -0.39 is 81.5 Å². The predicted molar refractivity (Wildman–Crippen MR) is 309 cm³/mol. The molecule has 6 aromatic carbocycles. The minimum absolute atomic E-state index is 0.0978. The maximum Gasteiger partial charge on any atom is 0.339 e. The molecule has 6 aromatic rings. The Bertz CT molecular complexity index is 3310. The molecular formula is C66H76N4O12. The third kappa shape index (κ3) is 11.4. The molecule has 4 atom stereocenters. The van der Waals surface area contributed by atoms with E-state index in [1.165, 1.54) is 12.1 Å². The van der Waals surface area contributed by atoms with Gasteiger partial charge in [0.25, 0.3) is 0 Å². The van der Waals surface area contributed by atoms with Gasteiger partial charge in [0, 0.05) is 32.2 Å². The van der Waals surface area contributed by atoms with Crippen LogP contribution in [0.1, 0.15) is 150 Å². The molecule has 4 aliphatic heterocycles. The maximum absolute atomic E-state index is 15.6. The largest absolute Gasteiger partial charge is 0.457 e. The molecule has 0 amide bonds. The normalized spacial score (nSPS) is 23.4. The fourth-order valence-corrected chi connectivity index (χ4v) is 12.6. The molecule has 4 unspecified atom stereocenters. The first-order chi connectivity index (χ1) is 38.8. The van der Waals surface area contributed by atoms with Crippen molar-refractivity contribution in [3.8, 4) is 23.0 Å². The van der Waals surface area contributed by atoms with Crippen molar-refractivity contribution >= 4 is 34.6 Å². The summed E-state index contributed by atoms with van der Waals surface area (Å²) in [5.74, 6) is -0.776. The van der Waals surface area contributed by atoms with Gasteiger partial charge in [-0.1, -0.05) is 84.9 Å². The smallest absolute Gasteiger partial charge is 0.339 e. The Morgan fingerprint density at radius 1 is 0.378 bits per heavy atom. The van der Waals surface area contributed by atoms with Crippen LogP contribution >= 0.6 is 0 Å². The third-order valence-electron chi connectivity index (χ3n) is 16.6. The van der Waals surface area contributed by atoms with Crippen LogP contribution in [-0.2, 0) is 18.9 Å². The summed E-state index contributed by atoms with van der Waals surface area (Å²) in [5, 5.41) is 7.59. The van der Waals surface area contributed by atoms with Gasteiger partial charge in [-0.15, -0.1) is 20.3 Å². The summed E-state index contributed by atoms with van der Waals surface area (Å²) in [7, 11) is 0. The number of para-hydroxylation sites is 4. The fourth-order valence-electron chi connectivity index (χ4n) is 12.6. The summed E-state index contributed by atoms with van der Waals surface area (Å²) >= 11 is 0. The number of rotatable bonds is 16. The maximum atomic E-state index is 15.6. The Kier molecular flexibility index (Phi) is 15.5. The van der Waals surface area contributed by atoms with Gasteiger partial charge in [0.15, 0.2) is 0 Å². The zero-order chi connectivity index (χ0) is 58.6. The van der Waals surface area contributed by atoms with Gasteiger partial charge in [-0.3, -0.25) is 0 Å². The van der Waals surface area contributed by atoms with Gasteiger partial charge in [-0.2, -0.15) is 0 Å². The monoisotopic (exact) mass is 1120 g/mol. The third-order valence-corrected chi connectivity index (χ3v) is 16.6. The summed E-state index contributed by atoms with van der Waals surface area (Å²) in [6, 6.07) is 43.6. The Morgan fingerprint density at radius 3 is 1.02 bits per heavy atom. The minimum Gasteiger partial charge on any atom is -0.457 e. The molecule has 4 aliphatic rings. The van der Waals surface area contributed by atoms with Crippen LogP contribution in [0.3, 0.4) is 0 Å². The Balaban J connectivity index is 1.04.